The van der Waals surface area contributed by atoms with Crippen LogP contribution in [0.1, 0.15) is 24.7 Å². The first kappa shape index (κ1) is 11.0. The molecule has 2 aromatic heterocycles. The number of aromatic nitrogens is 2. The highest BCUT2D eigenvalue weighted by Gasteiger charge is 2.14. The summed E-state index contributed by atoms with van der Waals surface area (Å²) in [7, 11) is 0. The van der Waals surface area contributed by atoms with Gasteiger partial charge in [-0.2, -0.15) is 0 Å². The van der Waals surface area contributed by atoms with E-state index in [1.807, 2.05) is 25.1 Å². The van der Waals surface area contributed by atoms with Crippen LogP contribution >= 0.6 is 0 Å². The molecule has 3 aromatic rings. The minimum absolute atomic E-state index is 0.354. The number of para-hydroxylation sites is 1. The largest absolute Gasteiger partial charge is 0.425 e. The first-order chi connectivity index (χ1) is 8.72. The van der Waals surface area contributed by atoms with Gasteiger partial charge >= 0.3 is 5.76 Å². The fraction of sp³-hybridized carbons (Fsp3) is 0.286. The summed E-state index contributed by atoms with van der Waals surface area (Å²) < 4.78 is 6.94. The normalized spacial score (nSPS) is 11.4. The monoisotopic (exact) mass is 242 g/mol. The van der Waals surface area contributed by atoms with Gasteiger partial charge in [0.1, 0.15) is 5.58 Å². The smallest absolute Gasteiger partial charge is 0.409 e. The van der Waals surface area contributed by atoms with Gasteiger partial charge in [-0.3, -0.25) is 0 Å². The molecule has 0 aliphatic heterocycles. The van der Waals surface area contributed by atoms with Crippen molar-refractivity contribution < 1.29 is 4.42 Å². The molecule has 0 aliphatic carbocycles. The zero-order valence-electron chi connectivity index (χ0n) is 10.4. The quantitative estimate of drug-likeness (QED) is 0.694. The Morgan fingerprint density at radius 3 is 2.89 bits per heavy atom. The van der Waals surface area contributed by atoms with Crippen LogP contribution < -0.4 is 5.76 Å². The van der Waals surface area contributed by atoms with Crippen molar-refractivity contribution in [1.82, 2.24) is 9.38 Å². The molecule has 0 bridgehead atoms. The Bertz CT molecular complexity index is 783. The van der Waals surface area contributed by atoms with Gasteiger partial charge in [-0.25, -0.2) is 14.2 Å². The van der Waals surface area contributed by atoms with Crippen LogP contribution in [0.4, 0.5) is 0 Å². The second-order valence-corrected chi connectivity index (χ2v) is 4.42. The lowest BCUT2D eigenvalue weighted by Crippen LogP contribution is -2.14. The molecule has 0 N–H and O–H groups in total. The minimum Gasteiger partial charge on any atom is -0.409 e. The highest BCUT2D eigenvalue weighted by molar-refractivity contribution is 5.89. The predicted octanol–water partition coefficient (Wildman–Crippen LogP) is 2.70. The van der Waals surface area contributed by atoms with Crippen molar-refractivity contribution in [2.45, 2.75) is 26.7 Å². The van der Waals surface area contributed by atoms with Gasteiger partial charge in [0, 0.05) is 0 Å². The van der Waals surface area contributed by atoms with Crippen molar-refractivity contribution in [3.05, 3.63) is 46.2 Å². The number of hydrogen-bond donors (Lipinski definition) is 0. The van der Waals surface area contributed by atoms with E-state index in [2.05, 4.69) is 11.9 Å². The molecule has 0 amide bonds. The zero-order chi connectivity index (χ0) is 12.7. The van der Waals surface area contributed by atoms with Gasteiger partial charge in [0.15, 0.2) is 5.65 Å². The van der Waals surface area contributed by atoms with E-state index in [-0.39, 0.29) is 5.76 Å². The summed E-state index contributed by atoms with van der Waals surface area (Å²) in [6, 6.07) is 7.49. The van der Waals surface area contributed by atoms with E-state index in [0.29, 0.717) is 11.2 Å². The van der Waals surface area contributed by atoms with Crippen molar-refractivity contribution in [2.24, 2.45) is 0 Å². The molecule has 3 rings (SSSR count). The average Bonchev–Trinajstić information content (AvgIpc) is 2.68. The molecule has 0 radical (unpaired) electrons. The molecule has 0 aliphatic rings. The van der Waals surface area contributed by atoms with Crippen LogP contribution in [-0.2, 0) is 6.42 Å². The van der Waals surface area contributed by atoms with Gasteiger partial charge in [0.05, 0.1) is 16.8 Å². The van der Waals surface area contributed by atoms with E-state index >= 15 is 0 Å². The molecule has 0 saturated heterocycles. The van der Waals surface area contributed by atoms with Gasteiger partial charge in [-0.15, -0.1) is 0 Å². The van der Waals surface area contributed by atoms with E-state index in [1.165, 1.54) is 0 Å². The maximum Gasteiger partial charge on any atom is 0.425 e. The molecule has 0 spiro atoms. The molecule has 18 heavy (non-hydrogen) atoms. The summed E-state index contributed by atoms with van der Waals surface area (Å²) in [5.41, 5.74) is 3.14. The number of hydrogen-bond acceptors (Lipinski definition) is 3. The van der Waals surface area contributed by atoms with Crippen molar-refractivity contribution in [2.75, 3.05) is 0 Å². The van der Waals surface area contributed by atoms with Gasteiger partial charge in [-0.1, -0.05) is 25.5 Å². The minimum atomic E-state index is -0.354. The summed E-state index contributed by atoms with van der Waals surface area (Å²) in [6.45, 7) is 4.02. The van der Waals surface area contributed by atoms with Crippen molar-refractivity contribution >= 4 is 16.6 Å². The first-order valence-electron chi connectivity index (χ1n) is 6.12. The predicted molar refractivity (Wildman–Crippen MR) is 70.0 cm³/mol. The molecular weight excluding hydrogens is 228 g/mol. The number of imidazole rings is 1. The Morgan fingerprint density at radius 1 is 1.33 bits per heavy atom. The lowest BCUT2D eigenvalue weighted by Gasteiger charge is -2.01. The molecule has 1 aromatic carbocycles. The molecular formula is C14H14N2O2. The topological polar surface area (TPSA) is 47.5 Å². The van der Waals surface area contributed by atoms with Crippen molar-refractivity contribution in [3.8, 4) is 0 Å². The maximum atomic E-state index is 12.1. The Morgan fingerprint density at radius 2 is 2.11 bits per heavy atom. The lowest BCUT2D eigenvalue weighted by atomic mass is 10.2. The molecule has 0 saturated carbocycles. The molecule has 4 nitrogen and oxygen atoms in total. The second-order valence-electron chi connectivity index (χ2n) is 4.42. The van der Waals surface area contributed by atoms with Crippen LogP contribution in [0.25, 0.3) is 16.6 Å². The fourth-order valence-electron chi connectivity index (χ4n) is 2.35. The van der Waals surface area contributed by atoms with Crippen LogP contribution in [0, 0.1) is 6.92 Å². The highest BCUT2D eigenvalue weighted by Crippen LogP contribution is 2.20. The summed E-state index contributed by atoms with van der Waals surface area (Å²) in [5.74, 6) is -0.354. The SMILES string of the molecule is CCCc1c(C)nc2c3ccccc3oc(=O)n12. The van der Waals surface area contributed by atoms with Crippen LogP contribution in [0.15, 0.2) is 33.5 Å². The Hall–Kier alpha value is -2.10. The summed E-state index contributed by atoms with van der Waals surface area (Å²) in [4.78, 5) is 16.6. The van der Waals surface area contributed by atoms with Crippen molar-refractivity contribution in [1.29, 1.82) is 0 Å². The van der Waals surface area contributed by atoms with Gasteiger partial charge in [0.2, 0.25) is 0 Å². The number of aryl methyl sites for hydroxylation is 2. The molecule has 0 atom stereocenters. The van der Waals surface area contributed by atoms with Crippen LogP contribution in [0.3, 0.4) is 0 Å². The average molecular weight is 242 g/mol. The maximum absolute atomic E-state index is 12.1. The Kier molecular flexibility index (Phi) is 2.44. The third-order valence-electron chi connectivity index (χ3n) is 3.17. The molecule has 4 heteroatoms. The van der Waals surface area contributed by atoms with E-state index in [0.717, 1.165) is 29.6 Å². The van der Waals surface area contributed by atoms with Gasteiger partial charge in [-0.05, 0) is 25.5 Å². The summed E-state index contributed by atoms with van der Waals surface area (Å²) in [6.07, 6.45) is 1.80. The standard InChI is InChI=1S/C14H14N2O2/c1-3-6-11-9(2)15-13-10-7-4-5-8-12(10)18-14(17)16(11)13/h4-5,7-8H,3,6H2,1-2H3. The van der Waals surface area contributed by atoms with E-state index in [4.69, 9.17) is 4.42 Å². The number of rotatable bonds is 2. The number of benzene rings is 1. The Balaban J connectivity index is 2.52. The summed E-state index contributed by atoms with van der Waals surface area (Å²) >= 11 is 0. The number of fused-ring (bicyclic) bond motifs is 3. The van der Waals surface area contributed by atoms with Crippen LogP contribution in [0.2, 0.25) is 0 Å². The van der Waals surface area contributed by atoms with E-state index in [9.17, 15) is 4.79 Å². The van der Waals surface area contributed by atoms with Crippen LogP contribution in [-0.4, -0.2) is 9.38 Å². The lowest BCUT2D eigenvalue weighted by molar-refractivity contribution is 0.516. The van der Waals surface area contributed by atoms with Crippen molar-refractivity contribution in [3.63, 3.8) is 0 Å². The fourth-order valence-corrected chi connectivity index (χ4v) is 2.35. The molecule has 0 unspecified atom stereocenters. The third kappa shape index (κ3) is 1.45. The van der Waals surface area contributed by atoms with Crippen LogP contribution in [0.5, 0.6) is 0 Å². The molecule has 92 valence electrons. The first-order valence-corrected chi connectivity index (χ1v) is 6.12. The zero-order valence-corrected chi connectivity index (χ0v) is 10.4. The molecule has 2 heterocycles. The van der Waals surface area contributed by atoms with Gasteiger partial charge < -0.3 is 4.42 Å². The van der Waals surface area contributed by atoms with Gasteiger partial charge in [0.25, 0.3) is 0 Å². The summed E-state index contributed by atoms with van der Waals surface area (Å²) in [5, 5.41) is 0.877. The van der Waals surface area contributed by atoms with E-state index < -0.39 is 0 Å². The third-order valence-corrected chi connectivity index (χ3v) is 3.17. The van der Waals surface area contributed by atoms with E-state index in [1.54, 1.807) is 10.5 Å². The molecule has 0 fully saturated rings. The Labute approximate surface area is 104 Å². The highest BCUT2D eigenvalue weighted by atomic mass is 16.4. The number of nitrogens with zero attached hydrogens (tertiary/aromatic N) is 2. The second kappa shape index (κ2) is 3.98.